The van der Waals surface area contributed by atoms with Gasteiger partial charge in [0.05, 0.1) is 6.61 Å². The molecule has 0 amide bonds. The third-order valence-corrected chi connectivity index (χ3v) is 5.02. The van der Waals surface area contributed by atoms with Gasteiger partial charge < -0.3 is 10.1 Å². The maximum atomic E-state index is 14.5. The Morgan fingerprint density at radius 3 is 2.97 bits per heavy atom. The molecule has 0 radical (unpaired) electrons. The molecule has 0 saturated carbocycles. The number of anilines is 1. The van der Waals surface area contributed by atoms with Crippen LogP contribution in [-0.4, -0.2) is 26.2 Å². The maximum absolute atomic E-state index is 14.5. The van der Waals surface area contributed by atoms with Gasteiger partial charge in [-0.2, -0.15) is 9.61 Å². The van der Waals surface area contributed by atoms with Crippen LogP contribution in [0.2, 0.25) is 0 Å². The van der Waals surface area contributed by atoms with Crippen molar-refractivity contribution in [3.05, 3.63) is 71.7 Å². The van der Waals surface area contributed by atoms with Gasteiger partial charge in [-0.1, -0.05) is 12.1 Å². The lowest BCUT2D eigenvalue weighted by Gasteiger charge is -2.21. The fraction of sp³-hybridized carbons (Fsp3) is 0.190. The van der Waals surface area contributed by atoms with Gasteiger partial charge in [-0.3, -0.25) is 0 Å². The summed E-state index contributed by atoms with van der Waals surface area (Å²) in [4.78, 5) is 8.70. The zero-order chi connectivity index (χ0) is 19.8. The highest BCUT2D eigenvalue weighted by Crippen LogP contribution is 2.30. The Morgan fingerprint density at radius 2 is 2.07 bits per heavy atom. The number of nitrogens with one attached hydrogen (secondary N) is 1. The van der Waals surface area contributed by atoms with Gasteiger partial charge in [-0.15, -0.1) is 0 Å². The molecule has 2 aromatic carbocycles. The summed E-state index contributed by atoms with van der Waals surface area (Å²) in [5, 5.41) is 7.37. The Balaban J connectivity index is 1.49. The third-order valence-electron chi connectivity index (χ3n) is 5.02. The van der Waals surface area contributed by atoms with Crippen LogP contribution in [-0.2, 0) is 13.0 Å². The van der Waals surface area contributed by atoms with Gasteiger partial charge in [-0.25, -0.2) is 18.7 Å². The number of hydrogen-bond donors (Lipinski definition) is 1. The standard InChI is InChI=1S/C21H17F2N5O/c22-14-4-1-3-13(9-14)16-10-24-21(28-20(16)26-12-27-28)25-11-17-15-5-2-8-29-19(15)7-6-18(17)23/h1,3-4,6-7,9-10,12H,2,5,8,11H2,(H,24,25). The van der Waals surface area contributed by atoms with Crippen LogP contribution in [0, 0.1) is 11.6 Å². The van der Waals surface area contributed by atoms with Crippen LogP contribution in [0.3, 0.4) is 0 Å². The molecule has 6 nitrogen and oxygen atoms in total. The second kappa shape index (κ2) is 7.12. The molecule has 0 atom stereocenters. The zero-order valence-corrected chi connectivity index (χ0v) is 15.4. The van der Waals surface area contributed by atoms with Crippen LogP contribution < -0.4 is 10.1 Å². The van der Waals surface area contributed by atoms with E-state index >= 15 is 0 Å². The van der Waals surface area contributed by atoms with Gasteiger partial charge in [0.1, 0.15) is 23.7 Å². The summed E-state index contributed by atoms with van der Waals surface area (Å²) in [7, 11) is 0. The second-order valence-corrected chi connectivity index (χ2v) is 6.81. The van der Waals surface area contributed by atoms with E-state index in [1.165, 1.54) is 29.0 Å². The molecule has 0 fully saturated rings. The number of halogens is 2. The number of hydrogen-bond acceptors (Lipinski definition) is 5. The Labute approximate surface area is 165 Å². The number of fused-ring (bicyclic) bond motifs is 2. The SMILES string of the molecule is Fc1cccc(-c2cnc(NCc3c(F)ccc4c3CCCO4)n3ncnc23)c1. The molecule has 0 saturated heterocycles. The lowest BCUT2D eigenvalue weighted by Crippen LogP contribution is -2.15. The molecule has 2 aromatic heterocycles. The summed E-state index contributed by atoms with van der Waals surface area (Å²) < 4.78 is 35.3. The van der Waals surface area contributed by atoms with Gasteiger partial charge in [0.15, 0.2) is 5.65 Å². The van der Waals surface area contributed by atoms with Crippen molar-refractivity contribution in [3.8, 4) is 16.9 Å². The highest BCUT2D eigenvalue weighted by Gasteiger charge is 2.19. The minimum Gasteiger partial charge on any atom is -0.493 e. The molecule has 3 heterocycles. The van der Waals surface area contributed by atoms with Gasteiger partial charge in [0.2, 0.25) is 5.95 Å². The van der Waals surface area contributed by atoms with E-state index in [1.807, 2.05) is 0 Å². The monoisotopic (exact) mass is 393 g/mol. The predicted octanol–water partition coefficient (Wildman–Crippen LogP) is 4.01. The average Bonchev–Trinajstić information content (AvgIpc) is 3.23. The van der Waals surface area contributed by atoms with E-state index < -0.39 is 0 Å². The van der Waals surface area contributed by atoms with E-state index in [9.17, 15) is 8.78 Å². The molecule has 146 valence electrons. The highest BCUT2D eigenvalue weighted by atomic mass is 19.1. The first kappa shape index (κ1) is 17.5. The minimum atomic E-state index is -0.339. The molecule has 4 aromatic rings. The largest absolute Gasteiger partial charge is 0.493 e. The Hall–Kier alpha value is -3.55. The number of aromatic nitrogens is 4. The summed E-state index contributed by atoms with van der Waals surface area (Å²) in [5.41, 5.74) is 3.29. The van der Waals surface area contributed by atoms with Crippen LogP contribution in [0.15, 0.2) is 48.9 Å². The molecule has 5 rings (SSSR count). The van der Waals surface area contributed by atoms with Crippen molar-refractivity contribution in [1.82, 2.24) is 19.6 Å². The van der Waals surface area contributed by atoms with Crippen molar-refractivity contribution in [2.75, 3.05) is 11.9 Å². The average molecular weight is 393 g/mol. The van der Waals surface area contributed by atoms with Crippen LogP contribution in [0.1, 0.15) is 17.5 Å². The molecular weight excluding hydrogens is 376 g/mol. The summed E-state index contributed by atoms with van der Waals surface area (Å²) >= 11 is 0. The molecule has 0 aliphatic carbocycles. The van der Waals surface area contributed by atoms with Crippen LogP contribution in [0.4, 0.5) is 14.7 Å². The maximum Gasteiger partial charge on any atom is 0.226 e. The van der Waals surface area contributed by atoms with Crippen molar-refractivity contribution in [1.29, 1.82) is 0 Å². The van der Waals surface area contributed by atoms with Gasteiger partial charge >= 0.3 is 0 Å². The van der Waals surface area contributed by atoms with E-state index in [2.05, 4.69) is 20.4 Å². The minimum absolute atomic E-state index is 0.236. The first-order valence-corrected chi connectivity index (χ1v) is 9.32. The third kappa shape index (κ3) is 3.16. The quantitative estimate of drug-likeness (QED) is 0.568. The molecule has 0 spiro atoms. The van der Waals surface area contributed by atoms with Gasteiger partial charge in [0, 0.05) is 29.4 Å². The molecule has 0 bridgehead atoms. The van der Waals surface area contributed by atoms with Crippen molar-refractivity contribution in [2.24, 2.45) is 0 Å². The molecular formula is C21H17F2N5O. The molecule has 1 aliphatic heterocycles. The van der Waals surface area contributed by atoms with E-state index in [0.29, 0.717) is 34.9 Å². The topological polar surface area (TPSA) is 64.3 Å². The highest BCUT2D eigenvalue weighted by molar-refractivity contribution is 5.77. The number of nitrogens with zero attached hydrogens (tertiary/aromatic N) is 4. The van der Waals surface area contributed by atoms with E-state index in [4.69, 9.17) is 4.74 Å². The molecule has 8 heteroatoms. The molecule has 1 aliphatic rings. The summed E-state index contributed by atoms with van der Waals surface area (Å²) in [5.74, 6) is 0.531. The Kier molecular flexibility index (Phi) is 4.31. The van der Waals surface area contributed by atoms with Crippen LogP contribution in [0.5, 0.6) is 5.75 Å². The Bertz CT molecular complexity index is 1210. The number of ether oxygens (including phenoxy) is 1. The molecule has 29 heavy (non-hydrogen) atoms. The van der Waals surface area contributed by atoms with Crippen molar-refractivity contribution < 1.29 is 13.5 Å². The van der Waals surface area contributed by atoms with E-state index in [0.717, 1.165) is 24.2 Å². The zero-order valence-electron chi connectivity index (χ0n) is 15.4. The summed E-state index contributed by atoms with van der Waals surface area (Å²) in [6.45, 7) is 0.883. The first-order chi connectivity index (χ1) is 14.2. The van der Waals surface area contributed by atoms with E-state index in [1.54, 1.807) is 24.4 Å². The van der Waals surface area contributed by atoms with Crippen molar-refractivity contribution >= 4 is 11.6 Å². The fourth-order valence-electron chi connectivity index (χ4n) is 3.64. The smallest absolute Gasteiger partial charge is 0.226 e. The van der Waals surface area contributed by atoms with Crippen molar-refractivity contribution in [3.63, 3.8) is 0 Å². The predicted molar refractivity (Wildman–Crippen MR) is 104 cm³/mol. The molecule has 1 N–H and O–H groups in total. The lowest BCUT2D eigenvalue weighted by molar-refractivity contribution is 0.286. The van der Waals surface area contributed by atoms with Gasteiger partial charge in [0.25, 0.3) is 0 Å². The van der Waals surface area contributed by atoms with Crippen molar-refractivity contribution in [2.45, 2.75) is 19.4 Å². The number of benzene rings is 2. The van der Waals surface area contributed by atoms with E-state index in [-0.39, 0.29) is 18.2 Å². The first-order valence-electron chi connectivity index (χ1n) is 9.32. The normalized spacial score (nSPS) is 13.2. The number of rotatable bonds is 4. The summed E-state index contributed by atoms with van der Waals surface area (Å²) in [6, 6.07) is 9.32. The fourth-order valence-corrected chi connectivity index (χ4v) is 3.64. The van der Waals surface area contributed by atoms with Gasteiger partial charge in [-0.05, 0) is 42.7 Å². The Morgan fingerprint density at radius 1 is 1.14 bits per heavy atom. The van der Waals surface area contributed by atoms with Crippen LogP contribution >= 0.6 is 0 Å². The second-order valence-electron chi connectivity index (χ2n) is 6.81. The van der Waals surface area contributed by atoms with Crippen LogP contribution in [0.25, 0.3) is 16.8 Å². The molecule has 0 unspecified atom stereocenters. The lowest BCUT2D eigenvalue weighted by atomic mass is 9.99. The summed E-state index contributed by atoms with van der Waals surface area (Å²) in [6.07, 6.45) is 4.65.